The van der Waals surface area contributed by atoms with Crippen LogP contribution in [0.4, 0.5) is 0 Å². The Labute approximate surface area is 163 Å². The molecule has 25 heavy (non-hydrogen) atoms. The zero-order chi connectivity index (χ0) is 17.3. The largest absolute Gasteiger partial charge is 0.334 e. The molecule has 2 atom stereocenters. The Morgan fingerprint density at radius 3 is 2.64 bits per heavy atom. The van der Waals surface area contributed by atoms with Gasteiger partial charge in [-0.15, -0.1) is 12.4 Å². The topological polar surface area (TPSA) is 64.2 Å². The Hall–Kier alpha value is -1.37. The lowest BCUT2D eigenvalue weighted by molar-refractivity contribution is 0.0583. The van der Waals surface area contributed by atoms with Crippen molar-refractivity contribution in [1.29, 1.82) is 0 Å². The maximum Gasteiger partial charge on any atom is 0.257 e. The van der Waals surface area contributed by atoms with Crippen LogP contribution in [0.15, 0.2) is 34.9 Å². The van der Waals surface area contributed by atoms with E-state index in [1.807, 2.05) is 47.7 Å². The summed E-state index contributed by atoms with van der Waals surface area (Å²) in [6.07, 6.45) is 4.82. The highest BCUT2D eigenvalue weighted by atomic mass is 79.9. The molecular formula is C18H24BrClN4O. The van der Waals surface area contributed by atoms with Crippen LogP contribution in [0.2, 0.25) is 0 Å². The van der Waals surface area contributed by atoms with Crippen LogP contribution in [0.5, 0.6) is 0 Å². The summed E-state index contributed by atoms with van der Waals surface area (Å²) < 4.78 is 2.82. The smallest absolute Gasteiger partial charge is 0.257 e. The van der Waals surface area contributed by atoms with Crippen LogP contribution in [0.25, 0.3) is 5.69 Å². The second-order valence-electron chi connectivity index (χ2n) is 6.45. The van der Waals surface area contributed by atoms with Crippen molar-refractivity contribution >= 4 is 34.2 Å². The molecule has 1 aliphatic rings. The second kappa shape index (κ2) is 8.34. The molecule has 3 rings (SSSR count). The average molecular weight is 428 g/mol. The van der Waals surface area contributed by atoms with Crippen molar-refractivity contribution in [3.8, 4) is 5.69 Å². The van der Waals surface area contributed by atoms with Crippen LogP contribution in [-0.4, -0.2) is 39.2 Å². The third kappa shape index (κ3) is 4.07. The van der Waals surface area contributed by atoms with Gasteiger partial charge >= 0.3 is 0 Å². The first kappa shape index (κ1) is 19.9. The normalized spacial score (nSPS) is 18.6. The highest BCUT2D eigenvalue weighted by Gasteiger charge is 2.31. The van der Waals surface area contributed by atoms with E-state index in [4.69, 9.17) is 5.73 Å². The Kier molecular flexibility index (Phi) is 6.65. The molecule has 7 heteroatoms. The molecule has 2 N–H and O–H groups in total. The number of amides is 1. The number of halogens is 2. The van der Waals surface area contributed by atoms with Crippen LogP contribution in [0.3, 0.4) is 0 Å². The lowest BCUT2D eigenvalue weighted by atomic mass is 9.96. The van der Waals surface area contributed by atoms with E-state index in [9.17, 15) is 4.79 Å². The molecule has 1 saturated heterocycles. The van der Waals surface area contributed by atoms with Crippen LogP contribution >= 0.6 is 28.3 Å². The van der Waals surface area contributed by atoms with Gasteiger partial charge < -0.3 is 10.6 Å². The summed E-state index contributed by atoms with van der Waals surface area (Å²) in [6.45, 7) is 4.69. The number of nitrogens with two attached hydrogens (primary N) is 1. The standard InChI is InChI=1S/C18H23BrN4O.ClH/c1-12(20)17-5-3-4-10-22(17)18(24)16-11-21-23(13(16)2)15-8-6-14(19)7-9-15;/h6-9,11-12,17H,3-5,10,20H2,1-2H3;1H. The van der Waals surface area contributed by atoms with Crippen LogP contribution in [-0.2, 0) is 0 Å². The number of aromatic nitrogens is 2. The van der Waals surface area contributed by atoms with Crippen molar-refractivity contribution in [3.05, 3.63) is 46.2 Å². The summed E-state index contributed by atoms with van der Waals surface area (Å²) in [6, 6.07) is 7.98. The lowest BCUT2D eigenvalue weighted by Gasteiger charge is -2.38. The first-order chi connectivity index (χ1) is 11.5. The third-order valence-corrected chi connectivity index (χ3v) is 5.26. The third-order valence-electron chi connectivity index (χ3n) is 4.73. The van der Waals surface area contributed by atoms with E-state index < -0.39 is 0 Å². The minimum Gasteiger partial charge on any atom is -0.334 e. The molecule has 1 aromatic heterocycles. The van der Waals surface area contributed by atoms with Crippen molar-refractivity contribution in [2.75, 3.05) is 6.54 Å². The van der Waals surface area contributed by atoms with E-state index >= 15 is 0 Å². The van der Waals surface area contributed by atoms with Gasteiger partial charge in [-0.3, -0.25) is 4.79 Å². The van der Waals surface area contributed by atoms with Crippen molar-refractivity contribution in [1.82, 2.24) is 14.7 Å². The molecule has 2 heterocycles. The Bertz CT molecular complexity index is 729. The second-order valence-corrected chi connectivity index (χ2v) is 7.37. The van der Waals surface area contributed by atoms with Gasteiger partial charge in [0.05, 0.1) is 23.1 Å². The molecule has 0 spiro atoms. The van der Waals surface area contributed by atoms with E-state index in [1.54, 1.807) is 6.20 Å². The molecule has 0 bridgehead atoms. The first-order valence-electron chi connectivity index (χ1n) is 8.36. The molecule has 2 aromatic rings. The van der Waals surface area contributed by atoms with E-state index in [-0.39, 0.29) is 30.4 Å². The minimum absolute atomic E-state index is 0. The van der Waals surface area contributed by atoms with E-state index in [1.165, 1.54) is 0 Å². The van der Waals surface area contributed by atoms with Crippen LogP contribution in [0.1, 0.15) is 42.2 Å². The molecule has 0 saturated carbocycles. The maximum atomic E-state index is 13.0. The number of piperidine rings is 1. The highest BCUT2D eigenvalue weighted by Crippen LogP contribution is 2.24. The van der Waals surface area contributed by atoms with Crippen molar-refractivity contribution in [3.63, 3.8) is 0 Å². The summed E-state index contributed by atoms with van der Waals surface area (Å²) in [5.41, 5.74) is 8.56. The fourth-order valence-corrected chi connectivity index (χ4v) is 3.64. The maximum absolute atomic E-state index is 13.0. The predicted molar refractivity (Wildman–Crippen MR) is 106 cm³/mol. The molecule has 1 fully saturated rings. The Morgan fingerprint density at radius 1 is 1.32 bits per heavy atom. The number of benzene rings is 1. The van der Waals surface area contributed by atoms with E-state index in [0.717, 1.165) is 41.7 Å². The van der Waals surface area contributed by atoms with Gasteiger partial charge in [-0.05, 0) is 57.4 Å². The van der Waals surface area contributed by atoms with Gasteiger partial charge in [0.1, 0.15) is 0 Å². The van der Waals surface area contributed by atoms with Gasteiger partial charge in [0.15, 0.2) is 0 Å². The molecule has 5 nitrogen and oxygen atoms in total. The fourth-order valence-electron chi connectivity index (χ4n) is 3.37. The number of carbonyl (C=O) groups excluding carboxylic acids is 1. The zero-order valence-electron chi connectivity index (χ0n) is 14.5. The van der Waals surface area contributed by atoms with Crippen LogP contribution < -0.4 is 5.73 Å². The first-order valence-corrected chi connectivity index (χ1v) is 9.15. The molecule has 136 valence electrons. The van der Waals surface area contributed by atoms with Gasteiger partial charge in [0.2, 0.25) is 0 Å². The predicted octanol–water partition coefficient (Wildman–Crippen LogP) is 3.71. The van der Waals surface area contributed by atoms with Gasteiger partial charge in [-0.1, -0.05) is 15.9 Å². The van der Waals surface area contributed by atoms with Gasteiger partial charge in [-0.25, -0.2) is 4.68 Å². The van der Waals surface area contributed by atoms with Crippen molar-refractivity contribution in [2.24, 2.45) is 5.73 Å². The molecule has 1 amide bonds. The Morgan fingerprint density at radius 2 is 2.00 bits per heavy atom. The number of hydrogen-bond donors (Lipinski definition) is 1. The Balaban J connectivity index is 0.00000225. The van der Waals surface area contributed by atoms with Crippen LogP contribution in [0, 0.1) is 6.92 Å². The highest BCUT2D eigenvalue weighted by molar-refractivity contribution is 9.10. The molecule has 1 aliphatic heterocycles. The fraction of sp³-hybridized carbons (Fsp3) is 0.444. The summed E-state index contributed by atoms with van der Waals surface area (Å²) in [5, 5.41) is 4.42. The zero-order valence-corrected chi connectivity index (χ0v) is 16.9. The minimum atomic E-state index is -0.0175. The van der Waals surface area contributed by atoms with Gasteiger partial charge in [0.25, 0.3) is 5.91 Å². The molecule has 2 unspecified atom stereocenters. The number of likely N-dealkylation sites (tertiary alicyclic amines) is 1. The molecule has 1 aromatic carbocycles. The van der Waals surface area contributed by atoms with E-state index in [2.05, 4.69) is 21.0 Å². The SMILES string of the molecule is Cc1c(C(=O)N2CCCCC2C(C)N)cnn1-c1ccc(Br)cc1.Cl. The monoisotopic (exact) mass is 426 g/mol. The summed E-state index contributed by atoms with van der Waals surface area (Å²) in [5.74, 6) is 0.0397. The summed E-state index contributed by atoms with van der Waals surface area (Å²) in [4.78, 5) is 15.0. The summed E-state index contributed by atoms with van der Waals surface area (Å²) in [7, 11) is 0. The van der Waals surface area contributed by atoms with E-state index in [0.29, 0.717) is 5.56 Å². The molecular weight excluding hydrogens is 404 g/mol. The number of hydrogen-bond acceptors (Lipinski definition) is 3. The average Bonchev–Trinajstić information content (AvgIpc) is 2.96. The number of carbonyl (C=O) groups is 1. The van der Waals surface area contributed by atoms with Gasteiger partial charge in [-0.2, -0.15) is 5.10 Å². The van der Waals surface area contributed by atoms with Crippen molar-refractivity contribution < 1.29 is 4.79 Å². The van der Waals surface area contributed by atoms with Gasteiger partial charge in [0, 0.05) is 23.1 Å². The van der Waals surface area contributed by atoms with Crippen molar-refractivity contribution in [2.45, 2.75) is 45.2 Å². The number of rotatable bonds is 3. The number of nitrogens with zero attached hydrogens (tertiary/aromatic N) is 3. The molecule has 0 radical (unpaired) electrons. The lowest BCUT2D eigenvalue weighted by Crippen LogP contribution is -2.51. The molecule has 0 aliphatic carbocycles. The summed E-state index contributed by atoms with van der Waals surface area (Å²) >= 11 is 3.43. The quantitative estimate of drug-likeness (QED) is 0.812.